The first-order chi connectivity index (χ1) is 12.6. The molecule has 1 heterocycles. The third-order valence-corrected chi connectivity index (χ3v) is 4.70. The molecule has 0 bridgehead atoms. The van der Waals surface area contributed by atoms with Gasteiger partial charge in [0, 0.05) is 28.7 Å². The zero-order valence-corrected chi connectivity index (χ0v) is 16.4. The summed E-state index contributed by atoms with van der Waals surface area (Å²) in [7, 11) is 0. The molecule has 144 valence electrons. The number of piperidine rings is 1. The van der Waals surface area contributed by atoms with Gasteiger partial charge in [-0.1, -0.05) is 6.07 Å². The van der Waals surface area contributed by atoms with E-state index in [1.807, 2.05) is 0 Å². The molecule has 5 nitrogen and oxygen atoms in total. The number of amides is 1. The lowest BCUT2D eigenvalue weighted by atomic mass is 9.79. The summed E-state index contributed by atoms with van der Waals surface area (Å²) in [5.74, 6) is 1.24. The summed E-state index contributed by atoms with van der Waals surface area (Å²) >= 11 is 0. The average molecular weight is 368 g/mol. The molecule has 3 N–H and O–H groups in total. The Morgan fingerprint density at radius 1 is 1.04 bits per heavy atom. The Balaban J connectivity index is 1.64. The first-order valence-electron chi connectivity index (χ1n) is 9.29. The molecule has 0 unspecified atom stereocenters. The molecule has 2 aromatic carbocycles. The fraction of sp³-hybridized carbons (Fsp3) is 0.409. The Morgan fingerprint density at radius 2 is 1.67 bits per heavy atom. The largest absolute Gasteiger partial charge is 0.508 e. The number of nitrogens with one attached hydrogen (secondary N) is 2. The average Bonchev–Trinajstić information content (AvgIpc) is 2.52. The number of rotatable bonds is 4. The number of benzene rings is 2. The molecule has 1 aliphatic rings. The van der Waals surface area contributed by atoms with Gasteiger partial charge in [-0.2, -0.15) is 0 Å². The van der Waals surface area contributed by atoms with Gasteiger partial charge in [0.15, 0.2) is 0 Å². The molecule has 0 saturated carbocycles. The molecular weight excluding hydrogens is 340 g/mol. The Kier molecular flexibility index (Phi) is 5.16. The van der Waals surface area contributed by atoms with E-state index in [-0.39, 0.29) is 28.8 Å². The maximum atomic E-state index is 12.6. The van der Waals surface area contributed by atoms with Gasteiger partial charge in [-0.15, -0.1) is 0 Å². The van der Waals surface area contributed by atoms with E-state index in [9.17, 15) is 9.90 Å². The minimum Gasteiger partial charge on any atom is -0.508 e. The molecule has 1 fully saturated rings. The zero-order chi connectivity index (χ0) is 19.7. The van der Waals surface area contributed by atoms with Gasteiger partial charge in [-0.25, -0.2) is 0 Å². The lowest BCUT2D eigenvalue weighted by molar-refractivity contribution is 0.0873. The predicted octanol–water partition coefficient (Wildman–Crippen LogP) is 4.22. The van der Waals surface area contributed by atoms with Gasteiger partial charge in [0.1, 0.15) is 17.2 Å². The molecule has 1 aliphatic heterocycles. The zero-order valence-electron chi connectivity index (χ0n) is 16.4. The van der Waals surface area contributed by atoms with E-state index in [1.54, 1.807) is 48.5 Å². The van der Waals surface area contributed by atoms with Crippen LogP contribution in [0.3, 0.4) is 0 Å². The molecule has 0 atom stereocenters. The third kappa shape index (κ3) is 5.23. The van der Waals surface area contributed by atoms with E-state index >= 15 is 0 Å². The van der Waals surface area contributed by atoms with Crippen LogP contribution in [0.5, 0.6) is 17.2 Å². The van der Waals surface area contributed by atoms with Crippen molar-refractivity contribution >= 4 is 5.91 Å². The van der Waals surface area contributed by atoms with Crippen molar-refractivity contribution in [2.45, 2.75) is 57.7 Å². The van der Waals surface area contributed by atoms with Crippen LogP contribution in [-0.2, 0) is 0 Å². The van der Waals surface area contributed by atoms with E-state index < -0.39 is 0 Å². The van der Waals surface area contributed by atoms with Gasteiger partial charge in [0.05, 0.1) is 0 Å². The van der Waals surface area contributed by atoms with Crippen molar-refractivity contribution in [2.24, 2.45) is 0 Å². The van der Waals surface area contributed by atoms with Crippen molar-refractivity contribution in [1.82, 2.24) is 10.6 Å². The number of carbonyl (C=O) groups excluding carboxylic acids is 1. The number of hydrogen-bond donors (Lipinski definition) is 3. The quantitative estimate of drug-likeness (QED) is 0.755. The van der Waals surface area contributed by atoms with Gasteiger partial charge < -0.3 is 20.5 Å². The van der Waals surface area contributed by atoms with Gasteiger partial charge in [0.2, 0.25) is 0 Å². The Bertz CT molecular complexity index is 797. The second-order valence-electron chi connectivity index (χ2n) is 8.60. The molecule has 27 heavy (non-hydrogen) atoms. The van der Waals surface area contributed by atoms with E-state index in [2.05, 4.69) is 38.3 Å². The van der Waals surface area contributed by atoms with Crippen molar-refractivity contribution in [3.8, 4) is 17.2 Å². The maximum Gasteiger partial charge on any atom is 0.251 e. The van der Waals surface area contributed by atoms with Crippen molar-refractivity contribution in [3.63, 3.8) is 0 Å². The second kappa shape index (κ2) is 7.24. The van der Waals surface area contributed by atoms with Gasteiger partial charge in [0.25, 0.3) is 5.91 Å². The summed E-state index contributed by atoms with van der Waals surface area (Å²) in [6.07, 6.45) is 1.78. The predicted molar refractivity (Wildman–Crippen MR) is 106 cm³/mol. The molecule has 3 rings (SSSR count). The minimum absolute atomic E-state index is 0.0152. The van der Waals surface area contributed by atoms with E-state index in [1.165, 1.54) is 0 Å². The highest BCUT2D eigenvalue weighted by atomic mass is 16.5. The smallest absolute Gasteiger partial charge is 0.251 e. The van der Waals surface area contributed by atoms with Gasteiger partial charge >= 0.3 is 0 Å². The molecule has 0 aliphatic carbocycles. The summed E-state index contributed by atoms with van der Waals surface area (Å²) < 4.78 is 5.70. The van der Waals surface area contributed by atoms with Crippen molar-refractivity contribution in [2.75, 3.05) is 0 Å². The second-order valence-corrected chi connectivity index (χ2v) is 8.60. The molecule has 5 heteroatoms. The molecular formula is C22H28N2O3. The van der Waals surface area contributed by atoms with Crippen LogP contribution >= 0.6 is 0 Å². The fourth-order valence-corrected chi connectivity index (χ4v) is 4.05. The first-order valence-corrected chi connectivity index (χ1v) is 9.29. The normalized spacial score (nSPS) is 18.7. The van der Waals surface area contributed by atoms with E-state index in [4.69, 9.17) is 4.74 Å². The minimum atomic E-state index is -0.0718. The number of phenolic OH excluding ortho intramolecular Hbond substituents is 1. The lowest BCUT2D eigenvalue weighted by Crippen LogP contribution is -2.62. The van der Waals surface area contributed by atoms with Crippen LogP contribution in [0.1, 0.15) is 50.9 Å². The highest BCUT2D eigenvalue weighted by Gasteiger charge is 2.38. The number of ether oxygens (including phenoxy) is 1. The molecule has 0 spiro atoms. The molecule has 1 amide bonds. The standard InChI is InChI=1S/C22H28N2O3/c1-21(2)13-16(14-22(3,4)24-21)23-20(26)15-8-10-18(11-9-15)27-19-7-5-6-17(25)12-19/h5-12,16,24-25H,13-14H2,1-4H3,(H,23,26). The summed E-state index contributed by atoms with van der Waals surface area (Å²) in [6, 6.07) is 13.8. The number of aromatic hydroxyl groups is 1. The van der Waals surface area contributed by atoms with E-state index in [0.717, 1.165) is 12.8 Å². The Labute approximate surface area is 160 Å². The van der Waals surface area contributed by atoms with Gasteiger partial charge in [-0.3, -0.25) is 4.79 Å². The van der Waals surface area contributed by atoms with Crippen LogP contribution in [0.4, 0.5) is 0 Å². The van der Waals surface area contributed by atoms with Crippen LogP contribution in [0.2, 0.25) is 0 Å². The number of carbonyl (C=O) groups is 1. The summed E-state index contributed by atoms with van der Waals surface area (Å²) in [5, 5.41) is 16.3. The maximum absolute atomic E-state index is 12.6. The fourth-order valence-electron chi connectivity index (χ4n) is 4.05. The van der Waals surface area contributed by atoms with Crippen LogP contribution < -0.4 is 15.4 Å². The highest BCUT2D eigenvalue weighted by Crippen LogP contribution is 2.29. The molecule has 0 radical (unpaired) electrons. The number of phenols is 1. The summed E-state index contributed by atoms with van der Waals surface area (Å²) in [5.41, 5.74) is 0.574. The topological polar surface area (TPSA) is 70.6 Å². The first kappa shape index (κ1) is 19.2. The van der Waals surface area contributed by atoms with Crippen LogP contribution in [-0.4, -0.2) is 28.1 Å². The summed E-state index contributed by atoms with van der Waals surface area (Å²) in [4.78, 5) is 12.6. The Hall–Kier alpha value is -2.53. The van der Waals surface area contributed by atoms with Crippen LogP contribution in [0.25, 0.3) is 0 Å². The van der Waals surface area contributed by atoms with Crippen LogP contribution in [0, 0.1) is 0 Å². The SMILES string of the molecule is CC1(C)CC(NC(=O)c2ccc(Oc3cccc(O)c3)cc2)CC(C)(C)N1. The lowest BCUT2D eigenvalue weighted by Gasteiger charge is -2.46. The Morgan fingerprint density at radius 3 is 2.26 bits per heavy atom. The van der Waals surface area contributed by atoms with Crippen LogP contribution in [0.15, 0.2) is 48.5 Å². The molecule has 2 aromatic rings. The summed E-state index contributed by atoms with van der Waals surface area (Å²) in [6.45, 7) is 8.67. The van der Waals surface area contributed by atoms with Crippen molar-refractivity contribution in [1.29, 1.82) is 0 Å². The molecule has 0 aromatic heterocycles. The highest BCUT2D eigenvalue weighted by molar-refractivity contribution is 5.94. The monoisotopic (exact) mass is 368 g/mol. The van der Waals surface area contributed by atoms with Crippen molar-refractivity contribution < 1.29 is 14.6 Å². The molecule has 1 saturated heterocycles. The van der Waals surface area contributed by atoms with Crippen molar-refractivity contribution in [3.05, 3.63) is 54.1 Å². The van der Waals surface area contributed by atoms with E-state index in [0.29, 0.717) is 17.1 Å². The number of hydrogen-bond acceptors (Lipinski definition) is 4. The van der Waals surface area contributed by atoms with Gasteiger partial charge in [-0.05, 0) is 76.9 Å². The third-order valence-electron chi connectivity index (χ3n) is 4.70.